The van der Waals surface area contributed by atoms with Crippen LogP contribution in [0.4, 0.5) is 0 Å². The van der Waals surface area contributed by atoms with Gasteiger partial charge in [0, 0.05) is 44.3 Å². The molecular weight excluding hydrogens is 420 g/mol. The van der Waals surface area contributed by atoms with Gasteiger partial charge in [-0.05, 0) is 35.4 Å². The molecule has 1 fully saturated rings. The summed E-state index contributed by atoms with van der Waals surface area (Å²) in [4.78, 5) is 9.45. The second kappa shape index (κ2) is 10.8. The zero-order valence-corrected chi connectivity index (χ0v) is 19.5. The van der Waals surface area contributed by atoms with Crippen molar-refractivity contribution in [3.63, 3.8) is 0 Å². The second-order valence-corrected chi connectivity index (χ2v) is 8.96. The van der Waals surface area contributed by atoms with E-state index in [1.54, 1.807) is 6.20 Å². The smallest absolute Gasteiger partial charge is 0.128 e. The Morgan fingerprint density at radius 1 is 0.765 bits per heavy atom. The molecule has 2 heterocycles. The van der Waals surface area contributed by atoms with E-state index in [4.69, 9.17) is 10.5 Å². The molecule has 1 unspecified atom stereocenters. The monoisotopic (exact) mass is 452 g/mol. The van der Waals surface area contributed by atoms with Gasteiger partial charge in [0.15, 0.2) is 0 Å². The lowest BCUT2D eigenvalue weighted by molar-refractivity contribution is 0.0997. The minimum atomic E-state index is -0.0440. The third-order valence-electron chi connectivity index (χ3n) is 6.55. The number of rotatable bonds is 8. The summed E-state index contributed by atoms with van der Waals surface area (Å²) in [6.07, 6.45) is 1.80. The molecule has 3 aromatic carbocycles. The van der Waals surface area contributed by atoms with Gasteiger partial charge in [0.1, 0.15) is 12.4 Å². The summed E-state index contributed by atoms with van der Waals surface area (Å²) in [5.41, 5.74) is 10.1. The van der Waals surface area contributed by atoms with E-state index < -0.39 is 0 Å². The molecule has 1 aromatic heterocycles. The Morgan fingerprint density at radius 2 is 1.44 bits per heavy atom. The van der Waals surface area contributed by atoms with E-state index in [0.29, 0.717) is 6.61 Å². The molecule has 0 spiro atoms. The van der Waals surface area contributed by atoms with Gasteiger partial charge >= 0.3 is 0 Å². The first-order valence-electron chi connectivity index (χ1n) is 12.1. The van der Waals surface area contributed by atoms with Crippen molar-refractivity contribution in [2.24, 2.45) is 5.73 Å². The molecule has 5 nitrogen and oxygen atoms in total. The number of nitrogens with zero attached hydrogens (tertiary/aromatic N) is 3. The lowest BCUT2D eigenvalue weighted by atomic mass is 9.96. The molecule has 1 aliphatic rings. The number of hydrogen-bond donors (Lipinski definition) is 1. The fourth-order valence-corrected chi connectivity index (χ4v) is 4.87. The van der Waals surface area contributed by atoms with Crippen LogP contribution in [0, 0.1) is 0 Å². The number of ether oxygens (including phenoxy) is 1. The first kappa shape index (κ1) is 22.5. The van der Waals surface area contributed by atoms with Crippen LogP contribution in [0.5, 0.6) is 5.75 Å². The van der Waals surface area contributed by atoms with E-state index in [9.17, 15) is 0 Å². The van der Waals surface area contributed by atoms with E-state index >= 15 is 0 Å². The van der Waals surface area contributed by atoms with Crippen LogP contribution < -0.4 is 10.5 Å². The SMILES string of the molecule is NC(COc1cccc2ncccc12)CN1CCN(C(c2ccccc2)c2ccccc2)CC1. The van der Waals surface area contributed by atoms with Crippen molar-refractivity contribution in [2.45, 2.75) is 12.1 Å². The molecule has 5 heteroatoms. The summed E-state index contributed by atoms with van der Waals surface area (Å²) in [6.45, 7) is 5.35. The number of hydrogen-bond acceptors (Lipinski definition) is 5. The zero-order chi connectivity index (χ0) is 23.2. The topological polar surface area (TPSA) is 54.6 Å². The van der Waals surface area contributed by atoms with E-state index in [2.05, 4.69) is 75.4 Å². The largest absolute Gasteiger partial charge is 0.491 e. The zero-order valence-electron chi connectivity index (χ0n) is 19.5. The van der Waals surface area contributed by atoms with Crippen LogP contribution in [0.15, 0.2) is 97.2 Å². The highest BCUT2D eigenvalue weighted by Crippen LogP contribution is 2.29. The fraction of sp³-hybridized carbons (Fsp3) is 0.276. The third-order valence-corrected chi connectivity index (χ3v) is 6.55. The lowest BCUT2D eigenvalue weighted by Crippen LogP contribution is -2.51. The standard InChI is InChI=1S/C29H32N4O/c30-25(22-34-28-15-7-14-27-26(28)13-8-16-31-27)21-32-17-19-33(20-18-32)29(23-9-3-1-4-10-23)24-11-5-2-6-12-24/h1-16,25,29H,17-22,30H2. The highest BCUT2D eigenvalue weighted by atomic mass is 16.5. The van der Waals surface area contributed by atoms with Gasteiger partial charge in [0.25, 0.3) is 0 Å². The van der Waals surface area contributed by atoms with Crippen molar-refractivity contribution >= 4 is 10.9 Å². The Hall–Kier alpha value is -3.25. The van der Waals surface area contributed by atoms with Gasteiger partial charge in [-0.1, -0.05) is 66.7 Å². The lowest BCUT2D eigenvalue weighted by Gasteiger charge is -2.40. The fourth-order valence-electron chi connectivity index (χ4n) is 4.87. The van der Waals surface area contributed by atoms with Crippen molar-refractivity contribution < 1.29 is 4.74 Å². The van der Waals surface area contributed by atoms with Crippen LogP contribution in [0.1, 0.15) is 17.2 Å². The maximum Gasteiger partial charge on any atom is 0.128 e. The molecule has 4 aromatic rings. The minimum absolute atomic E-state index is 0.0440. The molecule has 0 aliphatic carbocycles. The maximum absolute atomic E-state index is 6.48. The Kier molecular flexibility index (Phi) is 7.15. The van der Waals surface area contributed by atoms with E-state index in [0.717, 1.165) is 49.4 Å². The van der Waals surface area contributed by atoms with Gasteiger partial charge in [-0.3, -0.25) is 14.8 Å². The Labute approximate surface area is 201 Å². The number of fused-ring (bicyclic) bond motifs is 1. The quantitative estimate of drug-likeness (QED) is 0.431. The third kappa shape index (κ3) is 5.28. The van der Waals surface area contributed by atoms with Crippen LogP contribution in [0.2, 0.25) is 0 Å². The number of pyridine rings is 1. The van der Waals surface area contributed by atoms with Gasteiger partial charge in [-0.15, -0.1) is 0 Å². The van der Waals surface area contributed by atoms with Crippen LogP contribution >= 0.6 is 0 Å². The van der Waals surface area contributed by atoms with Crippen LogP contribution in [-0.2, 0) is 0 Å². The maximum atomic E-state index is 6.48. The summed E-state index contributed by atoms with van der Waals surface area (Å²) in [6, 6.07) is 31.8. The van der Waals surface area contributed by atoms with Gasteiger partial charge in [0.05, 0.1) is 17.6 Å². The Morgan fingerprint density at radius 3 is 2.12 bits per heavy atom. The summed E-state index contributed by atoms with van der Waals surface area (Å²) in [5, 5.41) is 1.03. The average molecular weight is 453 g/mol. The predicted octanol–water partition coefficient (Wildman–Crippen LogP) is 4.35. The number of aromatic nitrogens is 1. The van der Waals surface area contributed by atoms with Crippen molar-refractivity contribution in [1.29, 1.82) is 0 Å². The van der Waals surface area contributed by atoms with Gasteiger partial charge in [0.2, 0.25) is 0 Å². The number of benzene rings is 3. The summed E-state index contributed by atoms with van der Waals surface area (Å²) in [5.74, 6) is 0.847. The van der Waals surface area contributed by atoms with Crippen molar-refractivity contribution in [3.8, 4) is 5.75 Å². The molecule has 0 saturated carbocycles. The molecule has 1 atom stereocenters. The average Bonchev–Trinajstić information content (AvgIpc) is 2.90. The number of piperazine rings is 1. The molecule has 174 valence electrons. The van der Waals surface area contributed by atoms with Crippen LogP contribution in [-0.4, -0.2) is 60.2 Å². The number of nitrogens with two attached hydrogens (primary N) is 1. The Balaban J connectivity index is 1.17. The van der Waals surface area contributed by atoms with Crippen molar-refractivity contribution in [3.05, 3.63) is 108 Å². The molecule has 0 bridgehead atoms. The first-order chi connectivity index (χ1) is 16.8. The van der Waals surface area contributed by atoms with Crippen molar-refractivity contribution in [1.82, 2.24) is 14.8 Å². The highest BCUT2D eigenvalue weighted by Gasteiger charge is 2.27. The van der Waals surface area contributed by atoms with E-state index in [1.807, 2.05) is 30.3 Å². The molecule has 0 amide bonds. The minimum Gasteiger partial charge on any atom is -0.491 e. The molecular formula is C29H32N4O. The van der Waals surface area contributed by atoms with Crippen molar-refractivity contribution in [2.75, 3.05) is 39.3 Å². The van der Waals surface area contributed by atoms with Gasteiger partial charge in [-0.25, -0.2) is 0 Å². The van der Waals surface area contributed by atoms with Gasteiger partial charge < -0.3 is 10.5 Å². The highest BCUT2D eigenvalue weighted by molar-refractivity contribution is 5.84. The Bertz CT molecular complexity index is 1130. The molecule has 34 heavy (non-hydrogen) atoms. The molecule has 1 saturated heterocycles. The summed E-state index contributed by atoms with van der Waals surface area (Å²) in [7, 11) is 0. The second-order valence-electron chi connectivity index (χ2n) is 8.96. The van der Waals surface area contributed by atoms with Crippen LogP contribution in [0.25, 0.3) is 10.9 Å². The van der Waals surface area contributed by atoms with E-state index in [-0.39, 0.29) is 12.1 Å². The predicted molar refractivity (Wildman–Crippen MR) is 138 cm³/mol. The summed E-state index contributed by atoms with van der Waals surface area (Å²) < 4.78 is 6.10. The normalized spacial score (nSPS) is 16.1. The first-order valence-corrected chi connectivity index (χ1v) is 12.1. The van der Waals surface area contributed by atoms with E-state index in [1.165, 1.54) is 11.1 Å². The summed E-state index contributed by atoms with van der Waals surface area (Å²) >= 11 is 0. The molecule has 2 N–H and O–H groups in total. The molecule has 0 radical (unpaired) electrons. The molecule has 1 aliphatic heterocycles. The molecule has 5 rings (SSSR count). The van der Waals surface area contributed by atoms with Crippen LogP contribution in [0.3, 0.4) is 0 Å². The van der Waals surface area contributed by atoms with Gasteiger partial charge in [-0.2, -0.15) is 0 Å².